The minimum atomic E-state index is -2.64. The normalized spacial score (nSPS) is 11.7. The lowest BCUT2D eigenvalue weighted by atomic mass is 10.4. The van der Waals surface area contributed by atoms with Gasteiger partial charge in [0.2, 0.25) is 11.1 Å². The van der Waals surface area contributed by atoms with E-state index in [2.05, 4.69) is 33.5 Å². The maximum atomic E-state index is 11.8. The van der Waals surface area contributed by atoms with E-state index in [9.17, 15) is 4.79 Å². The molecule has 0 atom stereocenters. The maximum Gasteiger partial charge on any atom is 0.500 e. The number of hydrogen-bond acceptors (Lipinski definition) is 8. The van der Waals surface area contributed by atoms with E-state index in [0.717, 1.165) is 0 Å². The summed E-state index contributed by atoms with van der Waals surface area (Å²) < 4.78 is 18.6. The summed E-state index contributed by atoms with van der Waals surface area (Å²) in [5.74, 6) is -0.177. The summed E-state index contributed by atoms with van der Waals surface area (Å²) in [5, 5.41) is 13.8. The number of nitrogens with zero attached hydrogens (tertiary/aromatic N) is 4. The van der Waals surface area contributed by atoms with Gasteiger partial charge >= 0.3 is 8.80 Å². The highest BCUT2D eigenvalue weighted by Crippen LogP contribution is 2.17. The van der Waals surface area contributed by atoms with Gasteiger partial charge in [0.05, 0.1) is 0 Å². The summed E-state index contributed by atoms with van der Waals surface area (Å²) in [6.45, 7) is 7.93. The van der Waals surface area contributed by atoms with Gasteiger partial charge in [-0.15, -0.1) is 17.7 Å². The third-order valence-electron chi connectivity index (χ3n) is 2.88. The van der Waals surface area contributed by atoms with E-state index in [0.29, 0.717) is 44.0 Å². The fraction of sp³-hybridized carbons (Fsp3) is 0.833. The van der Waals surface area contributed by atoms with Gasteiger partial charge < -0.3 is 18.6 Å². The van der Waals surface area contributed by atoms with E-state index in [1.807, 2.05) is 20.8 Å². The molecule has 0 radical (unpaired) electrons. The van der Waals surface area contributed by atoms with Crippen LogP contribution in [0.1, 0.15) is 27.2 Å². The van der Waals surface area contributed by atoms with Crippen molar-refractivity contribution in [2.75, 3.05) is 26.4 Å². The Bertz CT molecular complexity index is 459. The van der Waals surface area contributed by atoms with Crippen molar-refractivity contribution in [1.82, 2.24) is 25.5 Å². The van der Waals surface area contributed by atoms with Crippen LogP contribution in [0.5, 0.6) is 0 Å². The third kappa shape index (κ3) is 6.95. The molecule has 9 nitrogen and oxygen atoms in total. The number of carbonyl (C=O) groups excluding carboxylic acids is 1. The van der Waals surface area contributed by atoms with Crippen molar-refractivity contribution >= 4 is 27.3 Å². The lowest BCUT2D eigenvalue weighted by molar-refractivity contribution is -0.122. The Kier molecular flexibility index (Phi) is 9.32. The van der Waals surface area contributed by atoms with Gasteiger partial charge in [-0.1, -0.05) is 0 Å². The SMILES string of the molecule is CCO[Si](CCCNC(=O)Cn1nnnc1S)(OCC)OCC. The second kappa shape index (κ2) is 10.7. The summed E-state index contributed by atoms with van der Waals surface area (Å²) in [6, 6.07) is 0.658. The zero-order valence-corrected chi connectivity index (χ0v) is 15.7. The Labute approximate surface area is 142 Å². The van der Waals surface area contributed by atoms with Crippen LogP contribution in [0.4, 0.5) is 0 Å². The van der Waals surface area contributed by atoms with Crippen LogP contribution in [-0.2, 0) is 24.6 Å². The van der Waals surface area contributed by atoms with Crippen molar-refractivity contribution in [2.45, 2.75) is 44.9 Å². The second-order valence-electron chi connectivity index (χ2n) is 4.57. The molecule has 1 rings (SSSR count). The van der Waals surface area contributed by atoms with Gasteiger partial charge in [0.25, 0.3) is 0 Å². The average Bonchev–Trinajstić information content (AvgIpc) is 2.90. The number of amides is 1. The van der Waals surface area contributed by atoms with Gasteiger partial charge in [-0.25, -0.2) is 4.68 Å². The fourth-order valence-corrected chi connectivity index (χ4v) is 4.79. The number of rotatable bonds is 12. The lowest BCUT2D eigenvalue weighted by Gasteiger charge is -2.28. The van der Waals surface area contributed by atoms with Crippen molar-refractivity contribution in [3.63, 3.8) is 0 Å². The van der Waals surface area contributed by atoms with Crippen LogP contribution < -0.4 is 5.32 Å². The number of tetrazole rings is 1. The molecule has 0 aliphatic rings. The first kappa shape index (κ1) is 20.0. The molecule has 132 valence electrons. The molecule has 0 aliphatic heterocycles. The van der Waals surface area contributed by atoms with Gasteiger partial charge in [0, 0.05) is 32.4 Å². The minimum absolute atomic E-state index is 0.0385. The predicted octanol–water partition coefficient (Wildman–Crippen LogP) is 0.516. The van der Waals surface area contributed by atoms with Crippen LogP contribution in [0.25, 0.3) is 0 Å². The number of aromatic nitrogens is 4. The van der Waals surface area contributed by atoms with E-state index in [-0.39, 0.29) is 12.5 Å². The van der Waals surface area contributed by atoms with E-state index in [1.165, 1.54) is 4.68 Å². The number of hydrogen-bond donors (Lipinski definition) is 2. The highest BCUT2D eigenvalue weighted by Gasteiger charge is 2.39. The van der Waals surface area contributed by atoms with E-state index in [4.69, 9.17) is 13.3 Å². The molecular formula is C12H25N5O4SSi. The molecule has 0 unspecified atom stereocenters. The van der Waals surface area contributed by atoms with Crippen molar-refractivity contribution in [3.05, 3.63) is 0 Å². The number of carbonyl (C=O) groups is 1. The topological polar surface area (TPSA) is 100 Å². The van der Waals surface area contributed by atoms with Crippen LogP contribution in [-0.4, -0.2) is 61.3 Å². The van der Waals surface area contributed by atoms with Crippen LogP contribution in [0.15, 0.2) is 5.16 Å². The summed E-state index contributed by atoms with van der Waals surface area (Å²) in [6.07, 6.45) is 0.710. The summed E-state index contributed by atoms with van der Waals surface area (Å²) in [7, 11) is -2.64. The summed E-state index contributed by atoms with van der Waals surface area (Å²) in [5.41, 5.74) is 0. The Hall–Kier alpha value is -1.01. The van der Waals surface area contributed by atoms with Gasteiger partial charge in [0.15, 0.2) is 0 Å². The molecule has 1 amide bonds. The third-order valence-corrected chi connectivity index (χ3v) is 6.35. The monoisotopic (exact) mass is 363 g/mol. The molecule has 0 bridgehead atoms. The largest absolute Gasteiger partial charge is 0.500 e. The first-order valence-corrected chi connectivity index (χ1v) is 10.1. The van der Waals surface area contributed by atoms with Gasteiger partial charge in [-0.3, -0.25) is 4.79 Å². The molecule has 0 saturated carbocycles. The fourth-order valence-electron chi connectivity index (χ4n) is 2.03. The van der Waals surface area contributed by atoms with E-state index >= 15 is 0 Å². The summed E-state index contributed by atoms with van der Waals surface area (Å²) >= 11 is 4.04. The van der Waals surface area contributed by atoms with Crippen molar-refractivity contribution in [1.29, 1.82) is 0 Å². The Balaban J connectivity index is 2.37. The Morgan fingerprint density at radius 1 is 1.22 bits per heavy atom. The lowest BCUT2D eigenvalue weighted by Crippen LogP contribution is -2.46. The molecule has 23 heavy (non-hydrogen) atoms. The molecule has 1 aromatic rings. The standard InChI is InChI=1S/C12H25N5O4SSi/c1-4-19-23(20-5-2,21-6-3)9-7-8-13-11(18)10-17-12(22)14-15-16-17/h4-10H2,1-3H3,(H,13,18)(H,14,16,22). The molecule has 0 spiro atoms. The highest BCUT2D eigenvalue weighted by atomic mass is 32.1. The molecule has 1 heterocycles. The molecule has 0 saturated heterocycles. The minimum Gasteiger partial charge on any atom is -0.374 e. The molecule has 1 N–H and O–H groups in total. The summed E-state index contributed by atoms with van der Waals surface area (Å²) in [4.78, 5) is 11.8. The number of thiol groups is 1. The predicted molar refractivity (Wildman–Crippen MR) is 88.1 cm³/mol. The molecule has 0 aromatic carbocycles. The average molecular weight is 364 g/mol. The highest BCUT2D eigenvalue weighted by molar-refractivity contribution is 7.80. The van der Waals surface area contributed by atoms with Gasteiger partial charge in [0.1, 0.15) is 6.54 Å². The zero-order valence-electron chi connectivity index (χ0n) is 13.8. The maximum absolute atomic E-state index is 11.8. The van der Waals surface area contributed by atoms with Crippen molar-refractivity contribution in [3.8, 4) is 0 Å². The molecule has 11 heteroatoms. The first-order valence-electron chi connectivity index (χ1n) is 7.70. The van der Waals surface area contributed by atoms with Gasteiger partial charge in [-0.05, 0) is 37.6 Å². The van der Waals surface area contributed by atoms with E-state index < -0.39 is 8.80 Å². The van der Waals surface area contributed by atoms with Crippen LogP contribution >= 0.6 is 12.6 Å². The van der Waals surface area contributed by atoms with Crippen LogP contribution in [0.2, 0.25) is 6.04 Å². The zero-order chi connectivity index (χ0) is 17.1. The van der Waals surface area contributed by atoms with Gasteiger partial charge in [-0.2, -0.15) is 0 Å². The van der Waals surface area contributed by atoms with Crippen LogP contribution in [0.3, 0.4) is 0 Å². The van der Waals surface area contributed by atoms with Crippen molar-refractivity contribution in [2.24, 2.45) is 0 Å². The second-order valence-corrected chi connectivity index (χ2v) is 7.70. The van der Waals surface area contributed by atoms with Crippen LogP contribution in [0, 0.1) is 0 Å². The number of nitrogens with one attached hydrogen (secondary N) is 1. The first-order chi connectivity index (χ1) is 11.1. The smallest absolute Gasteiger partial charge is 0.374 e. The Morgan fingerprint density at radius 2 is 1.83 bits per heavy atom. The van der Waals surface area contributed by atoms with E-state index in [1.54, 1.807) is 0 Å². The molecule has 0 fully saturated rings. The van der Waals surface area contributed by atoms with Crippen molar-refractivity contribution < 1.29 is 18.1 Å². The molecule has 0 aliphatic carbocycles. The Morgan fingerprint density at radius 3 is 2.30 bits per heavy atom. The molecule has 1 aromatic heterocycles. The quantitative estimate of drug-likeness (QED) is 0.317. The molecular weight excluding hydrogens is 338 g/mol.